The van der Waals surface area contributed by atoms with Crippen molar-refractivity contribution >= 4 is 17.4 Å². The van der Waals surface area contributed by atoms with Gasteiger partial charge in [-0.25, -0.2) is 0 Å². The molecule has 1 aliphatic heterocycles. The topological polar surface area (TPSA) is 59.9 Å². The van der Waals surface area contributed by atoms with Crippen molar-refractivity contribution in [2.45, 2.75) is 38.1 Å². The first kappa shape index (κ1) is 17.8. The Kier molecular flexibility index (Phi) is 5.25. The van der Waals surface area contributed by atoms with Crippen molar-refractivity contribution in [2.24, 2.45) is 0 Å². The first-order valence-electron chi connectivity index (χ1n) is 9.21. The zero-order valence-corrected chi connectivity index (χ0v) is 16.3. The van der Waals surface area contributed by atoms with Crippen LogP contribution in [-0.2, 0) is 0 Å². The lowest BCUT2D eigenvalue weighted by Gasteiger charge is -2.19. The molecule has 1 aromatic heterocycles. The molecule has 0 saturated heterocycles. The molecule has 0 spiro atoms. The molecule has 1 N–H and O–H groups in total. The molecule has 3 aromatic rings. The summed E-state index contributed by atoms with van der Waals surface area (Å²) < 4.78 is 6.27. The highest BCUT2D eigenvalue weighted by Crippen LogP contribution is 2.39. The molecule has 2 heterocycles. The summed E-state index contributed by atoms with van der Waals surface area (Å²) in [6, 6.07) is 16.4. The number of para-hydroxylation sites is 1. The van der Waals surface area contributed by atoms with Crippen LogP contribution in [-0.4, -0.2) is 20.9 Å². The SMILES string of the molecule is CCCCSc1nnc2c(n1)OC(c1ccc(C)cc1)Nc1ccccc1-2. The number of hydrogen-bond acceptors (Lipinski definition) is 6. The Balaban J connectivity index is 1.73. The molecule has 0 radical (unpaired) electrons. The fourth-order valence-electron chi connectivity index (χ4n) is 2.91. The van der Waals surface area contributed by atoms with Crippen LogP contribution >= 0.6 is 11.8 Å². The average molecular weight is 379 g/mol. The smallest absolute Gasteiger partial charge is 0.247 e. The Labute approximate surface area is 163 Å². The lowest BCUT2D eigenvalue weighted by molar-refractivity contribution is 0.225. The summed E-state index contributed by atoms with van der Waals surface area (Å²) in [5.74, 6) is 1.50. The number of unbranched alkanes of at least 4 members (excludes halogenated alkanes) is 1. The molecule has 0 saturated carbocycles. The Morgan fingerprint density at radius 3 is 2.70 bits per heavy atom. The van der Waals surface area contributed by atoms with Gasteiger partial charge in [-0.1, -0.05) is 73.1 Å². The van der Waals surface area contributed by atoms with Gasteiger partial charge in [0, 0.05) is 22.6 Å². The van der Waals surface area contributed by atoms with Crippen molar-refractivity contribution in [3.63, 3.8) is 0 Å². The van der Waals surface area contributed by atoms with Crippen LogP contribution in [0.25, 0.3) is 11.3 Å². The standard InChI is InChI=1S/C21H22N4OS/c1-3-4-13-27-21-23-20-18(24-25-21)16-7-5-6-8-17(16)22-19(26-20)15-11-9-14(2)10-12-15/h5-12,19,22H,3-4,13H2,1-2H3. The molecule has 1 unspecified atom stereocenters. The second-order valence-electron chi connectivity index (χ2n) is 6.55. The van der Waals surface area contributed by atoms with Crippen LogP contribution in [0, 0.1) is 6.92 Å². The number of anilines is 1. The van der Waals surface area contributed by atoms with E-state index < -0.39 is 0 Å². The Morgan fingerprint density at radius 2 is 1.89 bits per heavy atom. The maximum absolute atomic E-state index is 6.27. The van der Waals surface area contributed by atoms with Gasteiger partial charge in [0.15, 0.2) is 11.9 Å². The number of benzene rings is 2. The maximum Gasteiger partial charge on any atom is 0.247 e. The summed E-state index contributed by atoms with van der Waals surface area (Å²) in [4.78, 5) is 4.66. The molecule has 1 atom stereocenters. The number of nitrogens with zero attached hydrogens (tertiary/aromatic N) is 3. The lowest BCUT2D eigenvalue weighted by atomic mass is 10.1. The zero-order chi connectivity index (χ0) is 18.6. The summed E-state index contributed by atoms with van der Waals surface area (Å²) in [5, 5.41) is 12.9. The Morgan fingerprint density at radius 1 is 1.07 bits per heavy atom. The van der Waals surface area contributed by atoms with E-state index in [1.54, 1.807) is 11.8 Å². The second-order valence-corrected chi connectivity index (χ2v) is 7.61. The van der Waals surface area contributed by atoms with Gasteiger partial charge >= 0.3 is 0 Å². The number of ether oxygens (including phenoxy) is 1. The first-order chi connectivity index (χ1) is 13.2. The molecule has 2 aromatic carbocycles. The van der Waals surface area contributed by atoms with Gasteiger partial charge in [-0.3, -0.25) is 0 Å². The molecule has 0 amide bonds. The molecule has 0 bridgehead atoms. The predicted octanol–water partition coefficient (Wildman–Crippen LogP) is 5.24. The molecule has 0 aliphatic carbocycles. The fraction of sp³-hybridized carbons (Fsp3) is 0.286. The normalized spacial score (nSPS) is 15.1. The lowest BCUT2D eigenvalue weighted by Crippen LogP contribution is -2.17. The number of aromatic nitrogens is 3. The van der Waals surface area contributed by atoms with Crippen LogP contribution in [0.3, 0.4) is 0 Å². The predicted molar refractivity (Wildman–Crippen MR) is 109 cm³/mol. The van der Waals surface area contributed by atoms with E-state index in [2.05, 4.69) is 58.6 Å². The summed E-state index contributed by atoms with van der Waals surface area (Å²) in [6.07, 6.45) is 1.94. The third-order valence-corrected chi connectivity index (χ3v) is 5.37. The molecular formula is C21H22N4OS. The highest BCUT2D eigenvalue weighted by atomic mass is 32.2. The van der Waals surface area contributed by atoms with Crippen molar-refractivity contribution in [2.75, 3.05) is 11.1 Å². The molecule has 1 aliphatic rings. The maximum atomic E-state index is 6.27. The monoisotopic (exact) mass is 378 g/mol. The van der Waals surface area contributed by atoms with E-state index >= 15 is 0 Å². The van der Waals surface area contributed by atoms with E-state index in [1.807, 2.05) is 24.3 Å². The van der Waals surface area contributed by atoms with Crippen LogP contribution in [0.4, 0.5) is 5.69 Å². The molecule has 4 rings (SSSR count). The van der Waals surface area contributed by atoms with E-state index in [-0.39, 0.29) is 6.23 Å². The average Bonchev–Trinajstić information content (AvgIpc) is 2.85. The fourth-order valence-corrected chi connectivity index (χ4v) is 3.77. The Hall–Kier alpha value is -2.60. The minimum absolute atomic E-state index is 0.335. The van der Waals surface area contributed by atoms with Gasteiger partial charge in [-0.2, -0.15) is 4.98 Å². The number of rotatable bonds is 5. The quantitative estimate of drug-likeness (QED) is 0.484. The minimum atomic E-state index is -0.335. The van der Waals surface area contributed by atoms with Gasteiger partial charge in [0.05, 0.1) is 0 Å². The van der Waals surface area contributed by atoms with Crippen molar-refractivity contribution in [1.29, 1.82) is 0 Å². The van der Waals surface area contributed by atoms with E-state index in [4.69, 9.17) is 4.74 Å². The number of fused-ring (bicyclic) bond motifs is 3. The van der Waals surface area contributed by atoms with Crippen LogP contribution < -0.4 is 10.1 Å². The largest absolute Gasteiger partial charge is 0.448 e. The summed E-state index contributed by atoms with van der Waals surface area (Å²) in [5.41, 5.74) is 4.85. The third kappa shape index (κ3) is 3.90. The summed E-state index contributed by atoms with van der Waals surface area (Å²) >= 11 is 1.62. The molecule has 5 nitrogen and oxygen atoms in total. The van der Waals surface area contributed by atoms with E-state index in [0.29, 0.717) is 16.7 Å². The highest BCUT2D eigenvalue weighted by Gasteiger charge is 2.25. The van der Waals surface area contributed by atoms with Gasteiger partial charge in [-0.15, -0.1) is 10.2 Å². The van der Waals surface area contributed by atoms with Crippen LogP contribution in [0.2, 0.25) is 0 Å². The number of thioether (sulfide) groups is 1. The molecule has 27 heavy (non-hydrogen) atoms. The first-order valence-corrected chi connectivity index (χ1v) is 10.2. The number of aryl methyl sites for hydroxylation is 1. The summed E-state index contributed by atoms with van der Waals surface area (Å²) in [6.45, 7) is 4.25. The van der Waals surface area contributed by atoms with Gasteiger partial charge in [-0.05, 0) is 19.4 Å². The molecule has 138 valence electrons. The highest BCUT2D eigenvalue weighted by molar-refractivity contribution is 7.99. The molecule has 6 heteroatoms. The van der Waals surface area contributed by atoms with Crippen molar-refractivity contribution < 1.29 is 4.74 Å². The second kappa shape index (κ2) is 7.96. The summed E-state index contributed by atoms with van der Waals surface area (Å²) in [7, 11) is 0. The zero-order valence-electron chi connectivity index (χ0n) is 15.5. The minimum Gasteiger partial charge on any atom is -0.448 e. The van der Waals surface area contributed by atoms with Crippen LogP contribution in [0.1, 0.15) is 37.1 Å². The van der Waals surface area contributed by atoms with Gasteiger partial charge < -0.3 is 10.1 Å². The van der Waals surface area contributed by atoms with Gasteiger partial charge in [0.1, 0.15) is 0 Å². The van der Waals surface area contributed by atoms with Gasteiger partial charge in [0.25, 0.3) is 0 Å². The van der Waals surface area contributed by atoms with Crippen molar-refractivity contribution in [3.05, 3.63) is 59.7 Å². The van der Waals surface area contributed by atoms with Crippen LogP contribution in [0.5, 0.6) is 5.88 Å². The molecular weight excluding hydrogens is 356 g/mol. The number of nitrogens with one attached hydrogen (secondary N) is 1. The van der Waals surface area contributed by atoms with Crippen molar-refractivity contribution in [3.8, 4) is 17.1 Å². The Bertz CT molecular complexity index is 930. The third-order valence-electron chi connectivity index (χ3n) is 4.44. The van der Waals surface area contributed by atoms with E-state index in [9.17, 15) is 0 Å². The van der Waals surface area contributed by atoms with E-state index in [0.717, 1.165) is 35.4 Å². The number of hydrogen-bond donors (Lipinski definition) is 1. The van der Waals surface area contributed by atoms with E-state index in [1.165, 1.54) is 5.56 Å². The van der Waals surface area contributed by atoms with Crippen molar-refractivity contribution in [1.82, 2.24) is 15.2 Å². The molecule has 0 fully saturated rings. The van der Waals surface area contributed by atoms with Gasteiger partial charge in [0.2, 0.25) is 11.0 Å². The van der Waals surface area contributed by atoms with Crippen LogP contribution in [0.15, 0.2) is 53.7 Å².